The van der Waals surface area contributed by atoms with Crippen molar-refractivity contribution in [3.63, 3.8) is 0 Å². The summed E-state index contributed by atoms with van der Waals surface area (Å²) in [6, 6.07) is 2.25. The lowest BCUT2D eigenvalue weighted by atomic mass is 10.0. The number of aromatic nitrogens is 3. The zero-order valence-corrected chi connectivity index (χ0v) is 12.7. The molecule has 20 heavy (non-hydrogen) atoms. The van der Waals surface area contributed by atoms with Crippen molar-refractivity contribution in [3.8, 4) is 0 Å². The predicted octanol–water partition coefficient (Wildman–Crippen LogP) is 2.61. The van der Waals surface area contributed by atoms with E-state index < -0.39 is 6.23 Å². The van der Waals surface area contributed by atoms with Crippen LogP contribution >= 0.6 is 11.6 Å². The van der Waals surface area contributed by atoms with E-state index in [1.54, 1.807) is 6.20 Å². The first-order valence-corrected chi connectivity index (χ1v) is 7.27. The molecule has 0 bridgehead atoms. The summed E-state index contributed by atoms with van der Waals surface area (Å²) in [5.74, 6) is 0.575. The fourth-order valence-corrected chi connectivity index (χ4v) is 3.18. The number of hydrogen-bond donors (Lipinski definition) is 1. The third-order valence-corrected chi connectivity index (χ3v) is 4.05. The highest BCUT2D eigenvalue weighted by molar-refractivity contribution is 6.28. The number of rotatable bonds is 2. The number of aliphatic hydroxyl groups is 1. The Morgan fingerprint density at radius 2 is 2.25 bits per heavy atom. The van der Waals surface area contributed by atoms with Crippen LogP contribution in [0.1, 0.15) is 38.2 Å². The summed E-state index contributed by atoms with van der Waals surface area (Å²) in [5, 5.41) is 11.5. The maximum atomic E-state index is 10.4. The van der Waals surface area contributed by atoms with E-state index in [-0.39, 0.29) is 5.28 Å². The highest BCUT2D eigenvalue weighted by Gasteiger charge is 2.32. The van der Waals surface area contributed by atoms with Crippen LogP contribution in [0, 0.1) is 5.92 Å². The Bertz CT molecular complexity index is 639. The van der Waals surface area contributed by atoms with Gasteiger partial charge in [0.25, 0.3) is 0 Å². The van der Waals surface area contributed by atoms with Gasteiger partial charge in [-0.1, -0.05) is 13.8 Å². The molecule has 0 amide bonds. The van der Waals surface area contributed by atoms with Crippen molar-refractivity contribution in [1.29, 1.82) is 0 Å². The van der Waals surface area contributed by atoms with Crippen molar-refractivity contribution in [2.24, 2.45) is 5.92 Å². The maximum absolute atomic E-state index is 10.4. The fourth-order valence-electron chi connectivity index (χ4n) is 3.05. The minimum atomic E-state index is -0.605. The molecular weight excluding hydrogens is 276 g/mol. The first-order valence-electron chi connectivity index (χ1n) is 6.89. The van der Waals surface area contributed by atoms with Crippen molar-refractivity contribution >= 4 is 22.6 Å². The van der Waals surface area contributed by atoms with Crippen molar-refractivity contribution < 1.29 is 5.11 Å². The van der Waals surface area contributed by atoms with Gasteiger partial charge in [0, 0.05) is 24.2 Å². The van der Waals surface area contributed by atoms with Crippen molar-refractivity contribution in [2.75, 3.05) is 13.6 Å². The highest BCUT2D eigenvalue weighted by atomic mass is 35.5. The van der Waals surface area contributed by atoms with Crippen LogP contribution < -0.4 is 0 Å². The summed E-state index contributed by atoms with van der Waals surface area (Å²) < 4.78 is 2.13. The Labute approximate surface area is 123 Å². The molecule has 1 aliphatic heterocycles. The van der Waals surface area contributed by atoms with E-state index in [2.05, 4.69) is 28.4 Å². The van der Waals surface area contributed by atoms with Crippen molar-refractivity contribution in [2.45, 2.75) is 32.5 Å². The van der Waals surface area contributed by atoms with E-state index in [9.17, 15) is 5.11 Å². The van der Waals surface area contributed by atoms with Crippen LogP contribution in [-0.2, 0) is 0 Å². The molecule has 108 valence electrons. The van der Waals surface area contributed by atoms with Crippen LogP contribution in [-0.4, -0.2) is 38.1 Å². The van der Waals surface area contributed by atoms with Crippen LogP contribution in [0.5, 0.6) is 0 Å². The average Bonchev–Trinajstić information content (AvgIpc) is 2.74. The standard InChI is InChI=1S/C14H19ClN4O/c1-8(2)4-10-7-18(3)13(20)11-5-9-6-16-14(15)17-12(9)19(10)11/h5-6,8,10,13,20H,4,7H2,1-3H3. The molecule has 0 spiro atoms. The quantitative estimate of drug-likeness (QED) is 0.865. The lowest BCUT2D eigenvalue weighted by molar-refractivity contribution is -0.0153. The molecule has 0 saturated carbocycles. The number of fused-ring (bicyclic) bond motifs is 3. The third-order valence-electron chi connectivity index (χ3n) is 3.87. The van der Waals surface area contributed by atoms with Crippen molar-refractivity contribution in [3.05, 3.63) is 23.2 Å². The Hall–Kier alpha value is -1.17. The first kappa shape index (κ1) is 13.8. The largest absolute Gasteiger partial charge is 0.373 e. The zero-order valence-electron chi connectivity index (χ0n) is 11.9. The lowest BCUT2D eigenvalue weighted by Gasteiger charge is -2.37. The molecule has 3 rings (SSSR count). The SMILES string of the molecule is CC(C)CC1CN(C)C(O)c2cc3cnc(Cl)nc3n21. The molecule has 3 heterocycles. The minimum absolute atomic E-state index is 0.245. The number of halogens is 1. The van der Waals surface area contributed by atoms with Crippen molar-refractivity contribution in [1.82, 2.24) is 19.4 Å². The summed E-state index contributed by atoms with van der Waals surface area (Å²) >= 11 is 5.93. The number of aliphatic hydroxyl groups excluding tert-OH is 1. The molecule has 5 nitrogen and oxygen atoms in total. The normalized spacial score (nSPS) is 23.5. The van der Waals surface area contributed by atoms with Crippen LogP contribution in [0.2, 0.25) is 5.28 Å². The zero-order chi connectivity index (χ0) is 14.4. The molecule has 1 N–H and O–H groups in total. The summed E-state index contributed by atoms with van der Waals surface area (Å²) in [6.07, 6.45) is 2.15. The van der Waals surface area contributed by atoms with Gasteiger partial charge >= 0.3 is 0 Å². The highest BCUT2D eigenvalue weighted by Crippen LogP contribution is 2.36. The van der Waals surface area contributed by atoms with Gasteiger partial charge in [0.2, 0.25) is 5.28 Å². The monoisotopic (exact) mass is 294 g/mol. The van der Waals surface area contributed by atoms with E-state index in [0.717, 1.165) is 29.7 Å². The predicted molar refractivity (Wildman–Crippen MR) is 78.6 cm³/mol. The van der Waals surface area contributed by atoms with Gasteiger partial charge in [-0.15, -0.1) is 0 Å². The molecule has 2 aromatic heterocycles. The lowest BCUT2D eigenvalue weighted by Crippen LogP contribution is -2.38. The van der Waals surface area contributed by atoms with Crippen LogP contribution in [0.4, 0.5) is 0 Å². The molecule has 1 aliphatic rings. The Morgan fingerprint density at radius 3 is 2.95 bits per heavy atom. The average molecular weight is 295 g/mol. The molecular formula is C14H19ClN4O. The Kier molecular flexibility index (Phi) is 3.44. The van der Waals surface area contributed by atoms with E-state index in [0.29, 0.717) is 12.0 Å². The third kappa shape index (κ3) is 2.20. The molecule has 2 atom stereocenters. The second-order valence-electron chi connectivity index (χ2n) is 5.95. The molecule has 0 fully saturated rings. The van der Waals surface area contributed by atoms with Crippen LogP contribution in [0.15, 0.2) is 12.3 Å². The summed E-state index contributed by atoms with van der Waals surface area (Å²) in [7, 11) is 1.94. The van der Waals surface area contributed by atoms with Gasteiger partial charge in [-0.25, -0.2) is 4.98 Å². The Morgan fingerprint density at radius 1 is 1.50 bits per heavy atom. The number of likely N-dealkylation sites (N-methyl/N-ethyl adjacent to an activating group) is 1. The summed E-state index contributed by atoms with van der Waals surface area (Å²) in [4.78, 5) is 10.3. The minimum Gasteiger partial charge on any atom is -0.373 e. The van der Waals surface area contributed by atoms with E-state index in [1.165, 1.54) is 0 Å². The smallest absolute Gasteiger partial charge is 0.224 e. The van der Waals surface area contributed by atoms with E-state index >= 15 is 0 Å². The van der Waals surface area contributed by atoms with Gasteiger partial charge in [0.05, 0.1) is 5.69 Å². The van der Waals surface area contributed by atoms with Crippen LogP contribution in [0.25, 0.3) is 11.0 Å². The topological polar surface area (TPSA) is 54.2 Å². The van der Waals surface area contributed by atoms with E-state index in [1.807, 2.05) is 18.0 Å². The van der Waals surface area contributed by atoms with Gasteiger partial charge in [0.1, 0.15) is 11.9 Å². The van der Waals surface area contributed by atoms with Gasteiger partial charge in [-0.05, 0) is 37.1 Å². The maximum Gasteiger partial charge on any atom is 0.224 e. The van der Waals surface area contributed by atoms with Gasteiger partial charge < -0.3 is 9.67 Å². The second kappa shape index (κ2) is 4.98. The molecule has 2 aromatic rings. The van der Waals surface area contributed by atoms with E-state index in [4.69, 9.17) is 11.6 Å². The van der Waals surface area contributed by atoms with Gasteiger partial charge in [0.15, 0.2) is 0 Å². The summed E-state index contributed by atoms with van der Waals surface area (Å²) in [5.41, 5.74) is 1.69. The Balaban J connectivity index is 2.19. The molecule has 2 unspecified atom stereocenters. The fraction of sp³-hybridized carbons (Fsp3) is 0.571. The number of hydrogen-bond acceptors (Lipinski definition) is 4. The molecule has 0 saturated heterocycles. The van der Waals surface area contributed by atoms with Gasteiger partial charge in [-0.3, -0.25) is 4.90 Å². The van der Waals surface area contributed by atoms with Crippen LogP contribution in [0.3, 0.4) is 0 Å². The first-order chi connectivity index (χ1) is 9.47. The molecule has 0 aliphatic carbocycles. The molecule has 0 aromatic carbocycles. The second-order valence-corrected chi connectivity index (χ2v) is 6.29. The molecule has 6 heteroatoms. The molecule has 0 radical (unpaired) electrons. The van der Waals surface area contributed by atoms with Gasteiger partial charge in [-0.2, -0.15) is 4.98 Å². The summed E-state index contributed by atoms with van der Waals surface area (Å²) in [6.45, 7) is 5.22. The number of nitrogens with zero attached hydrogens (tertiary/aromatic N) is 4.